The van der Waals surface area contributed by atoms with Crippen molar-refractivity contribution in [2.45, 2.75) is 6.17 Å². The van der Waals surface area contributed by atoms with Crippen LogP contribution in [0, 0.1) is 6.57 Å². The molecule has 1 aliphatic heterocycles. The minimum absolute atomic E-state index is 0.0278. The van der Waals surface area contributed by atoms with Gasteiger partial charge in [-0.25, -0.2) is 11.9 Å². The SMILES string of the molecule is [C-]#[N+]C1CNCN1. The Kier molecular flexibility index (Phi) is 1.25. The molecule has 38 valence electrons. The molecule has 0 saturated carbocycles. The van der Waals surface area contributed by atoms with Crippen LogP contribution >= 0.6 is 0 Å². The molecule has 3 nitrogen and oxygen atoms in total. The third-order valence-electron chi connectivity index (χ3n) is 0.956. The van der Waals surface area contributed by atoms with E-state index in [-0.39, 0.29) is 6.17 Å². The van der Waals surface area contributed by atoms with Gasteiger partial charge in [-0.2, -0.15) is 0 Å². The monoisotopic (exact) mass is 97.1 g/mol. The number of hydrogen-bond donors (Lipinski definition) is 2. The Morgan fingerprint density at radius 3 is 2.86 bits per heavy atom. The van der Waals surface area contributed by atoms with E-state index < -0.39 is 0 Å². The molecule has 1 rings (SSSR count). The average molecular weight is 97.1 g/mol. The highest BCUT2D eigenvalue weighted by Crippen LogP contribution is 1.85. The first-order valence-electron chi connectivity index (χ1n) is 2.24. The zero-order valence-corrected chi connectivity index (χ0v) is 3.94. The van der Waals surface area contributed by atoms with Crippen molar-refractivity contribution in [3.8, 4) is 0 Å². The number of nitrogens with one attached hydrogen (secondary N) is 2. The summed E-state index contributed by atoms with van der Waals surface area (Å²) in [5.41, 5.74) is 0. The smallest absolute Gasteiger partial charge is 0.290 e. The minimum Gasteiger partial charge on any atom is -0.296 e. The predicted octanol–water partition coefficient (Wildman–Crippen LogP) is -0.618. The van der Waals surface area contributed by atoms with Gasteiger partial charge in [-0.1, -0.05) is 0 Å². The molecule has 0 aromatic rings. The standard InChI is InChI=1S/C4H7N3/c1-5-4-2-6-3-7-4/h4,6-7H,2-3H2. The summed E-state index contributed by atoms with van der Waals surface area (Å²) in [7, 11) is 0. The normalized spacial score (nSPS) is 29.9. The Labute approximate surface area is 42.5 Å². The van der Waals surface area contributed by atoms with Gasteiger partial charge in [-0.3, -0.25) is 10.2 Å². The van der Waals surface area contributed by atoms with Crippen LogP contribution in [0.1, 0.15) is 0 Å². The minimum atomic E-state index is 0.0278. The lowest BCUT2D eigenvalue weighted by atomic mass is 10.6. The molecule has 0 amide bonds. The molecule has 1 atom stereocenters. The van der Waals surface area contributed by atoms with E-state index in [1.807, 2.05) is 0 Å². The summed E-state index contributed by atoms with van der Waals surface area (Å²) < 4.78 is 0. The van der Waals surface area contributed by atoms with Crippen molar-refractivity contribution in [1.29, 1.82) is 0 Å². The van der Waals surface area contributed by atoms with Gasteiger partial charge in [0.1, 0.15) is 0 Å². The molecule has 0 spiro atoms. The molecular weight excluding hydrogens is 90.1 g/mol. The Morgan fingerprint density at radius 2 is 2.57 bits per heavy atom. The number of rotatable bonds is 0. The molecule has 2 N–H and O–H groups in total. The maximum absolute atomic E-state index is 6.52. The van der Waals surface area contributed by atoms with Crippen molar-refractivity contribution in [3.05, 3.63) is 11.4 Å². The largest absolute Gasteiger partial charge is 0.296 e. The maximum atomic E-state index is 6.52. The average Bonchev–Trinajstić information content (AvgIpc) is 2.14. The van der Waals surface area contributed by atoms with Crippen LogP contribution in [-0.4, -0.2) is 19.4 Å². The van der Waals surface area contributed by atoms with Crippen LogP contribution in [0.3, 0.4) is 0 Å². The van der Waals surface area contributed by atoms with Crippen LogP contribution in [0.4, 0.5) is 0 Å². The lowest BCUT2D eigenvalue weighted by Crippen LogP contribution is -2.18. The summed E-state index contributed by atoms with van der Waals surface area (Å²) in [6.45, 7) is 8.10. The van der Waals surface area contributed by atoms with Crippen molar-refractivity contribution in [2.75, 3.05) is 13.2 Å². The Balaban J connectivity index is 2.31. The molecule has 1 unspecified atom stereocenters. The van der Waals surface area contributed by atoms with Gasteiger partial charge >= 0.3 is 0 Å². The first-order chi connectivity index (χ1) is 3.43. The molecule has 1 heterocycles. The molecule has 0 aromatic heterocycles. The maximum Gasteiger partial charge on any atom is 0.290 e. The third-order valence-corrected chi connectivity index (χ3v) is 0.956. The molecular formula is C4H7N3. The van der Waals surface area contributed by atoms with Crippen molar-refractivity contribution < 1.29 is 0 Å². The van der Waals surface area contributed by atoms with E-state index in [0.717, 1.165) is 13.2 Å². The van der Waals surface area contributed by atoms with Crippen LogP contribution in [0.5, 0.6) is 0 Å². The van der Waals surface area contributed by atoms with Crippen molar-refractivity contribution in [1.82, 2.24) is 10.6 Å². The van der Waals surface area contributed by atoms with Gasteiger partial charge in [0.25, 0.3) is 6.17 Å². The third kappa shape index (κ3) is 0.889. The summed E-state index contributed by atoms with van der Waals surface area (Å²) in [6.07, 6.45) is 0.0278. The second kappa shape index (κ2) is 1.92. The lowest BCUT2D eigenvalue weighted by molar-refractivity contribution is 0.746. The van der Waals surface area contributed by atoms with Crippen LogP contribution in [0.2, 0.25) is 0 Å². The summed E-state index contributed by atoms with van der Waals surface area (Å²) in [6, 6.07) is 0. The van der Waals surface area contributed by atoms with Crippen LogP contribution in [0.25, 0.3) is 4.85 Å². The second-order valence-corrected chi connectivity index (χ2v) is 1.48. The Morgan fingerprint density at radius 1 is 1.71 bits per heavy atom. The summed E-state index contributed by atoms with van der Waals surface area (Å²) in [5.74, 6) is 0. The van der Waals surface area contributed by atoms with Gasteiger partial charge in [-0.15, -0.1) is 0 Å². The molecule has 0 aromatic carbocycles. The highest BCUT2D eigenvalue weighted by molar-refractivity contribution is 4.82. The van der Waals surface area contributed by atoms with E-state index >= 15 is 0 Å². The summed E-state index contributed by atoms with van der Waals surface area (Å²) >= 11 is 0. The van der Waals surface area contributed by atoms with Crippen LogP contribution < -0.4 is 10.6 Å². The first-order valence-corrected chi connectivity index (χ1v) is 2.24. The molecule has 3 heteroatoms. The zero-order valence-electron chi connectivity index (χ0n) is 3.94. The van der Waals surface area contributed by atoms with Crippen LogP contribution in [0.15, 0.2) is 0 Å². The molecule has 0 aliphatic carbocycles. The van der Waals surface area contributed by atoms with Gasteiger partial charge in [0.05, 0.1) is 13.2 Å². The molecule has 1 aliphatic rings. The molecule has 1 saturated heterocycles. The van der Waals surface area contributed by atoms with Crippen LogP contribution in [-0.2, 0) is 0 Å². The van der Waals surface area contributed by atoms with E-state index in [0.29, 0.717) is 0 Å². The van der Waals surface area contributed by atoms with Gasteiger partial charge in [0.2, 0.25) is 0 Å². The van der Waals surface area contributed by atoms with E-state index in [1.165, 1.54) is 0 Å². The number of hydrogen-bond acceptors (Lipinski definition) is 2. The molecule has 0 bridgehead atoms. The van der Waals surface area contributed by atoms with Gasteiger partial charge in [0, 0.05) is 0 Å². The summed E-state index contributed by atoms with van der Waals surface area (Å²) in [4.78, 5) is 3.26. The summed E-state index contributed by atoms with van der Waals surface area (Å²) in [5, 5.41) is 5.94. The molecule has 7 heavy (non-hydrogen) atoms. The number of nitrogens with zero attached hydrogens (tertiary/aromatic N) is 1. The van der Waals surface area contributed by atoms with Crippen molar-refractivity contribution >= 4 is 0 Å². The molecule has 0 radical (unpaired) electrons. The second-order valence-electron chi connectivity index (χ2n) is 1.48. The van der Waals surface area contributed by atoms with Gasteiger partial charge < -0.3 is 0 Å². The quantitative estimate of drug-likeness (QED) is 0.394. The first kappa shape index (κ1) is 4.57. The fourth-order valence-electron chi connectivity index (χ4n) is 0.562. The Bertz CT molecular complexity index is 87.6. The van der Waals surface area contributed by atoms with E-state index in [9.17, 15) is 0 Å². The molecule has 1 fully saturated rings. The van der Waals surface area contributed by atoms with E-state index in [4.69, 9.17) is 6.57 Å². The highest BCUT2D eigenvalue weighted by Gasteiger charge is 2.15. The Hall–Kier alpha value is -0.590. The topological polar surface area (TPSA) is 28.4 Å². The zero-order chi connectivity index (χ0) is 5.11. The predicted molar refractivity (Wildman–Crippen MR) is 26.4 cm³/mol. The van der Waals surface area contributed by atoms with Crippen molar-refractivity contribution in [3.63, 3.8) is 0 Å². The fourth-order valence-corrected chi connectivity index (χ4v) is 0.562. The van der Waals surface area contributed by atoms with E-state index in [1.54, 1.807) is 0 Å². The van der Waals surface area contributed by atoms with Crippen molar-refractivity contribution in [2.24, 2.45) is 0 Å². The van der Waals surface area contributed by atoms with E-state index in [2.05, 4.69) is 15.5 Å². The highest BCUT2D eigenvalue weighted by atomic mass is 15.2. The van der Waals surface area contributed by atoms with Gasteiger partial charge in [-0.05, 0) is 0 Å². The fraction of sp³-hybridized carbons (Fsp3) is 0.750. The van der Waals surface area contributed by atoms with Gasteiger partial charge in [0.15, 0.2) is 0 Å². The lowest BCUT2D eigenvalue weighted by Gasteiger charge is -1.86.